The Morgan fingerprint density at radius 1 is 1.26 bits per heavy atom. The lowest BCUT2D eigenvalue weighted by atomic mass is 9.91. The molecule has 7 nitrogen and oxygen atoms in total. The third-order valence-electron chi connectivity index (χ3n) is 5.47. The SMILES string of the molecule is Cc1cccc2cc(CNc3ncnc4nc[nH]c34)n(C3CCC3)c(=O)c12. The molecule has 1 aliphatic rings. The fourth-order valence-electron chi connectivity index (χ4n) is 3.86. The minimum absolute atomic E-state index is 0.112. The number of aromatic nitrogens is 5. The number of aromatic amines is 1. The Morgan fingerprint density at radius 2 is 2.15 bits per heavy atom. The third kappa shape index (κ3) is 2.58. The van der Waals surface area contributed by atoms with Gasteiger partial charge < -0.3 is 14.9 Å². The Balaban J connectivity index is 1.59. The van der Waals surface area contributed by atoms with Crippen molar-refractivity contribution in [1.29, 1.82) is 0 Å². The van der Waals surface area contributed by atoms with E-state index in [-0.39, 0.29) is 11.6 Å². The maximum atomic E-state index is 13.3. The van der Waals surface area contributed by atoms with Crippen molar-refractivity contribution in [2.45, 2.75) is 38.8 Å². The minimum atomic E-state index is 0.112. The van der Waals surface area contributed by atoms with E-state index in [4.69, 9.17) is 0 Å². The summed E-state index contributed by atoms with van der Waals surface area (Å²) in [4.78, 5) is 29.0. The van der Waals surface area contributed by atoms with Crippen LogP contribution in [-0.2, 0) is 6.54 Å². The summed E-state index contributed by atoms with van der Waals surface area (Å²) in [5, 5.41) is 5.17. The van der Waals surface area contributed by atoms with E-state index in [1.165, 1.54) is 12.7 Å². The molecule has 7 heteroatoms. The Kier molecular flexibility index (Phi) is 3.67. The van der Waals surface area contributed by atoms with Gasteiger partial charge in [-0.05, 0) is 43.2 Å². The van der Waals surface area contributed by atoms with Crippen LogP contribution in [0.4, 0.5) is 5.82 Å². The maximum absolute atomic E-state index is 13.3. The molecule has 1 saturated carbocycles. The first-order valence-corrected chi connectivity index (χ1v) is 9.24. The molecule has 136 valence electrons. The average molecular weight is 360 g/mol. The molecule has 3 aromatic heterocycles. The number of fused-ring (bicyclic) bond motifs is 2. The van der Waals surface area contributed by atoms with E-state index < -0.39 is 0 Å². The Hall–Kier alpha value is -3.22. The zero-order valence-electron chi connectivity index (χ0n) is 15.1. The van der Waals surface area contributed by atoms with Gasteiger partial charge in [0.1, 0.15) is 11.8 Å². The summed E-state index contributed by atoms with van der Waals surface area (Å²) in [5.74, 6) is 0.689. The standard InChI is InChI=1S/C20H20N6O/c1-12-4-2-5-13-8-15(26(14-6-3-7-14)20(27)16(12)13)9-21-18-17-19(23-10-22-17)25-11-24-18/h2,4-5,8,10-11,14H,3,6-7,9H2,1H3,(H2,21,22,23,24,25). The van der Waals surface area contributed by atoms with Crippen LogP contribution in [0.3, 0.4) is 0 Å². The zero-order chi connectivity index (χ0) is 18.4. The first-order valence-electron chi connectivity index (χ1n) is 9.24. The number of rotatable bonds is 4. The van der Waals surface area contributed by atoms with Crippen molar-refractivity contribution in [1.82, 2.24) is 24.5 Å². The molecule has 0 atom stereocenters. The number of benzene rings is 1. The maximum Gasteiger partial charge on any atom is 0.259 e. The summed E-state index contributed by atoms with van der Waals surface area (Å²) in [7, 11) is 0. The summed E-state index contributed by atoms with van der Waals surface area (Å²) in [6.07, 6.45) is 6.39. The van der Waals surface area contributed by atoms with Crippen molar-refractivity contribution in [2.24, 2.45) is 0 Å². The Labute approximate surface area is 155 Å². The molecule has 1 aromatic carbocycles. The number of hydrogen-bond donors (Lipinski definition) is 2. The molecule has 0 unspecified atom stereocenters. The molecule has 1 aliphatic carbocycles. The van der Waals surface area contributed by atoms with Crippen LogP contribution in [0.5, 0.6) is 0 Å². The molecule has 1 fully saturated rings. The van der Waals surface area contributed by atoms with E-state index in [9.17, 15) is 4.79 Å². The summed E-state index contributed by atoms with van der Waals surface area (Å²) >= 11 is 0. The number of aryl methyl sites for hydroxylation is 1. The lowest BCUT2D eigenvalue weighted by Gasteiger charge is -2.30. The minimum Gasteiger partial charge on any atom is -0.363 e. The average Bonchev–Trinajstić information content (AvgIpc) is 3.10. The van der Waals surface area contributed by atoms with Crippen LogP contribution in [0.1, 0.15) is 36.6 Å². The van der Waals surface area contributed by atoms with Crippen molar-refractivity contribution >= 4 is 27.8 Å². The van der Waals surface area contributed by atoms with Gasteiger partial charge in [-0.2, -0.15) is 0 Å². The van der Waals surface area contributed by atoms with Crippen LogP contribution >= 0.6 is 0 Å². The number of pyridine rings is 1. The number of nitrogens with zero attached hydrogens (tertiary/aromatic N) is 4. The van der Waals surface area contributed by atoms with Crippen LogP contribution in [0, 0.1) is 6.92 Å². The second kappa shape index (κ2) is 6.19. The smallest absolute Gasteiger partial charge is 0.259 e. The van der Waals surface area contributed by atoms with Gasteiger partial charge >= 0.3 is 0 Å². The number of hydrogen-bond acceptors (Lipinski definition) is 5. The van der Waals surface area contributed by atoms with Gasteiger partial charge in [-0.1, -0.05) is 18.2 Å². The van der Waals surface area contributed by atoms with Crippen LogP contribution < -0.4 is 10.9 Å². The highest BCUT2D eigenvalue weighted by Crippen LogP contribution is 2.32. The highest BCUT2D eigenvalue weighted by atomic mass is 16.1. The summed E-state index contributed by atoms with van der Waals surface area (Å²) in [6.45, 7) is 2.52. The van der Waals surface area contributed by atoms with Gasteiger partial charge in [0.05, 0.1) is 18.3 Å². The fourth-order valence-corrected chi connectivity index (χ4v) is 3.86. The first kappa shape index (κ1) is 16.0. The quantitative estimate of drug-likeness (QED) is 0.583. The molecule has 0 radical (unpaired) electrons. The van der Waals surface area contributed by atoms with Crippen LogP contribution in [0.2, 0.25) is 0 Å². The Bertz CT molecular complexity index is 1200. The van der Waals surface area contributed by atoms with E-state index in [0.29, 0.717) is 18.0 Å². The van der Waals surface area contributed by atoms with Crippen molar-refractivity contribution in [3.63, 3.8) is 0 Å². The normalized spacial score (nSPS) is 14.6. The second-order valence-electron chi connectivity index (χ2n) is 7.11. The van der Waals surface area contributed by atoms with Crippen LogP contribution in [0.25, 0.3) is 21.9 Å². The topological polar surface area (TPSA) is 88.5 Å². The van der Waals surface area contributed by atoms with Gasteiger partial charge in [-0.3, -0.25) is 4.79 Å². The van der Waals surface area contributed by atoms with E-state index in [0.717, 1.165) is 40.4 Å². The zero-order valence-corrected chi connectivity index (χ0v) is 15.1. The van der Waals surface area contributed by atoms with Crippen LogP contribution in [0.15, 0.2) is 41.7 Å². The van der Waals surface area contributed by atoms with Gasteiger partial charge in [0.2, 0.25) is 0 Å². The largest absolute Gasteiger partial charge is 0.363 e. The number of anilines is 1. The number of nitrogens with one attached hydrogen (secondary N) is 2. The second-order valence-corrected chi connectivity index (χ2v) is 7.11. The summed E-state index contributed by atoms with van der Waals surface area (Å²) in [6, 6.07) is 8.43. The van der Waals surface area contributed by atoms with Crippen molar-refractivity contribution in [3.05, 3.63) is 58.5 Å². The molecular formula is C20H20N6O. The monoisotopic (exact) mass is 360 g/mol. The molecule has 2 N–H and O–H groups in total. The molecule has 0 spiro atoms. The molecule has 0 amide bonds. The molecule has 0 bridgehead atoms. The molecular weight excluding hydrogens is 340 g/mol. The molecule has 0 saturated heterocycles. The van der Waals surface area contributed by atoms with E-state index in [1.54, 1.807) is 6.33 Å². The van der Waals surface area contributed by atoms with E-state index in [2.05, 4.69) is 31.3 Å². The summed E-state index contributed by atoms with van der Waals surface area (Å²) < 4.78 is 1.98. The van der Waals surface area contributed by atoms with Crippen molar-refractivity contribution in [2.75, 3.05) is 5.32 Å². The molecule has 0 aliphatic heterocycles. The van der Waals surface area contributed by atoms with Crippen molar-refractivity contribution < 1.29 is 0 Å². The van der Waals surface area contributed by atoms with Gasteiger partial charge in [0.25, 0.3) is 5.56 Å². The predicted octanol–water partition coefficient (Wildman–Crippen LogP) is 3.31. The van der Waals surface area contributed by atoms with E-state index >= 15 is 0 Å². The number of H-pyrrole nitrogens is 1. The molecule has 3 heterocycles. The van der Waals surface area contributed by atoms with Crippen LogP contribution in [-0.4, -0.2) is 24.5 Å². The first-order chi connectivity index (χ1) is 13.2. The van der Waals surface area contributed by atoms with Crippen molar-refractivity contribution in [3.8, 4) is 0 Å². The van der Waals surface area contributed by atoms with E-state index in [1.807, 2.05) is 29.7 Å². The molecule has 5 rings (SSSR count). The lowest BCUT2D eigenvalue weighted by molar-refractivity contribution is 0.301. The lowest BCUT2D eigenvalue weighted by Crippen LogP contribution is -2.32. The van der Waals surface area contributed by atoms with Gasteiger partial charge in [0, 0.05) is 11.7 Å². The molecule has 27 heavy (non-hydrogen) atoms. The number of imidazole rings is 1. The van der Waals surface area contributed by atoms with Gasteiger partial charge in [-0.15, -0.1) is 0 Å². The summed E-state index contributed by atoms with van der Waals surface area (Å²) in [5.41, 5.74) is 3.51. The highest BCUT2D eigenvalue weighted by Gasteiger charge is 2.24. The van der Waals surface area contributed by atoms with Gasteiger partial charge in [-0.25, -0.2) is 15.0 Å². The predicted molar refractivity (Wildman–Crippen MR) is 105 cm³/mol. The Morgan fingerprint density at radius 3 is 2.96 bits per heavy atom. The fraction of sp³-hybridized carbons (Fsp3) is 0.300. The third-order valence-corrected chi connectivity index (χ3v) is 5.47. The highest BCUT2D eigenvalue weighted by molar-refractivity contribution is 5.85. The molecule has 4 aromatic rings. The van der Waals surface area contributed by atoms with Gasteiger partial charge in [0.15, 0.2) is 11.5 Å².